The van der Waals surface area contributed by atoms with E-state index >= 15 is 0 Å². The van der Waals surface area contributed by atoms with Crippen molar-refractivity contribution >= 4 is 23.0 Å². The van der Waals surface area contributed by atoms with Crippen LogP contribution in [0.25, 0.3) is 0 Å². The first kappa shape index (κ1) is 11.8. The predicted molar refractivity (Wildman–Crippen MR) is 61.1 cm³/mol. The van der Waals surface area contributed by atoms with E-state index < -0.39 is 17.5 Å². The van der Waals surface area contributed by atoms with E-state index in [1.54, 1.807) is 0 Å². The molecule has 2 aromatic rings. The highest BCUT2D eigenvalue weighted by atomic mass is 35.5. The molecule has 2 aromatic carbocycles. The summed E-state index contributed by atoms with van der Waals surface area (Å²) < 4.78 is 38.7. The molecule has 0 saturated heterocycles. The van der Waals surface area contributed by atoms with Gasteiger partial charge < -0.3 is 5.32 Å². The van der Waals surface area contributed by atoms with Crippen LogP contribution in [0.1, 0.15) is 0 Å². The Labute approximate surface area is 101 Å². The third-order valence-corrected chi connectivity index (χ3v) is 2.36. The number of hydrogen-bond acceptors (Lipinski definition) is 1. The molecule has 0 atom stereocenters. The van der Waals surface area contributed by atoms with Crippen molar-refractivity contribution in [3.8, 4) is 0 Å². The van der Waals surface area contributed by atoms with Crippen LogP contribution in [-0.4, -0.2) is 0 Å². The Morgan fingerprint density at radius 2 is 1.47 bits per heavy atom. The molecule has 0 aliphatic heterocycles. The summed E-state index contributed by atoms with van der Waals surface area (Å²) in [7, 11) is 0. The van der Waals surface area contributed by atoms with Crippen LogP contribution in [0.3, 0.4) is 0 Å². The van der Waals surface area contributed by atoms with Crippen molar-refractivity contribution in [3.05, 3.63) is 58.9 Å². The smallest absolute Gasteiger partial charge is 0.141 e. The van der Waals surface area contributed by atoms with Crippen molar-refractivity contribution in [2.75, 3.05) is 5.32 Å². The van der Waals surface area contributed by atoms with Crippen LogP contribution in [-0.2, 0) is 0 Å². The zero-order valence-corrected chi connectivity index (χ0v) is 9.23. The van der Waals surface area contributed by atoms with Crippen molar-refractivity contribution in [2.45, 2.75) is 0 Å². The molecule has 1 N–H and O–H groups in total. The largest absolute Gasteiger partial charge is 0.355 e. The van der Waals surface area contributed by atoms with Crippen molar-refractivity contribution in [2.24, 2.45) is 0 Å². The fourth-order valence-corrected chi connectivity index (χ4v) is 1.55. The second-order valence-corrected chi connectivity index (χ2v) is 3.82. The molecule has 0 aromatic heterocycles. The second-order valence-electron chi connectivity index (χ2n) is 3.41. The quantitative estimate of drug-likeness (QED) is 0.835. The minimum atomic E-state index is -0.694. The third-order valence-electron chi connectivity index (χ3n) is 2.07. The number of benzene rings is 2. The van der Waals surface area contributed by atoms with Crippen LogP contribution in [0.5, 0.6) is 0 Å². The van der Waals surface area contributed by atoms with Crippen LogP contribution < -0.4 is 5.32 Å². The fraction of sp³-hybridized carbons (Fsp3) is 0. The number of nitrogens with one attached hydrogen (secondary N) is 1. The van der Waals surface area contributed by atoms with E-state index in [9.17, 15) is 13.2 Å². The highest BCUT2D eigenvalue weighted by Crippen LogP contribution is 2.23. The SMILES string of the molecule is Fc1cc(F)cc(Nc2ccc(F)c(Cl)c2)c1. The zero-order valence-electron chi connectivity index (χ0n) is 8.48. The van der Waals surface area contributed by atoms with Gasteiger partial charge in [0.2, 0.25) is 0 Å². The van der Waals surface area contributed by atoms with Gasteiger partial charge in [-0.2, -0.15) is 0 Å². The normalized spacial score (nSPS) is 10.4. The highest BCUT2D eigenvalue weighted by Gasteiger charge is 2.03. The van der Waals surface area contributed by atoms with E-state index in [0.29, 0.717) is 5.69 Å². The van der Waals surface area contributed by atoms with E-state index in [-0.39, 0.29) is 10.7 Å². The first-order chi connectivity index (χ1) is 8.04. The topological polar surface area (TPSA) is 12.0 Å². The van der Waals surface area contributed by atoms with E-state index in [2.05, 4.69) is 5.32 Å². The molecular weight excluding hydrogens is 251 g/mol. The third kappa shape index (κ3) is 2.91. The van der Waals surface area contributed by atoms with E-state index in [4.69, 9.17) is 11.6 Å². The maximum absolute atomic E-state index is 12.9. The molecule has 0 heterocycles. The average molecular weight is 258 g/mol. The molecular formula is C12H7ClF3N. The summed E-state index contributed by atoms with van der Waals surface area (Å²) in [4.78, 5) is 0. The summed E-state index contributed by atoms with van der Waals surface area (Å²) in [5, 5.41) is 2.66. The second kappa shape index (κ2) is 4.67. The minimum absolute atomic E-state index is 0.0631. The van der Waals surface area contributed by atoms with Gasteiger partial charge in [0.1, 0.15) is 17.5 Å². The minimum Gasteiger partial charge on any atom is -0.355 e. The van der Waals surface area contributed by atoms with Crippen molar-refractivity contribution in [3.63, 3.8) is 0 Å². The Kier molecular flexibility index (Phi) is 3.24. The van der Waals surface area contributed by atoms with Gasteiger partial charge in [0, 0.05) is 17.4 Å². The Balaban J connectivity index is 2.28. The highest BCUT2D eigenvalue weighted by molar-refractivity contribution is 6.31. The number of hydrogen-bond donors (Lipinski definition) is 1. The maximum Gasteiger partial charge on any atom is 0.141 e. The Morgan fingerprint density at radius 3 is 2.06 bits per heavy atom. The van der Waals surface area contributed by atoms with Gasteiger partial charge in [0.25, 0.3) is 0 Å². The maximum atomic E-state index is 12.9. The lowest BCUT2D eigenvalue weighted by atomic mass is 10.2. The molecule has 0 saturated carbocycles. The molecule has 2 rings (SSSR count). The van der Waals surface area contributed by atoms with E-state index in [0.717, 1.165) is 18.2 Å². The molecule has 0 amide bonds. The summed E-state index contributed by atoms with van der Waals surface area (Å²) in [6.45, 7) is 0. The summed E-state index contributed by atoms with van der Waals surface area (Å²) >= 11 is 5.58. The Bertz CT molecular complexity index is 537. The molecule has 0 aliphatic rings. The first-order valence-corrected chi connectivity index (χ1v) is 5.10. The lowest BCUT2D eigenvalue weighted by Crippen LogP contribution is -1.93. The molecule has 0 fully saturated rings. The molecule has 0 bridgehead atoms. The summed E-state index contributed by atoms with van der Waals surface area (Å²) in [5.41, 5.74) is 0.673. The lowest BCUT2D eigenvalue weighted by molar-refractivity contribution is 0.584. The van der Waals surface area contributed by atoms with Crippen LogP contribution in [0.2, 0.25) is 5.02 Å². The van der Waals surface area contributed by atoms with E-state index in [1.165, 1.54) is 18.2 Å². The molecule has 0 radical (unpaired) electrons. The number of rotatable bonds is 2. The molecule has 0 spiro atoms. The monoisotopic (exact) mass is 257 g/mol. The summed E-state index contributed by atoms with van der Waals surface area (Å²) in [6.07, 6.45) is 0. The first-order valence-electron chi connectivity index (χ1n) is 4.73. The van der Waals surface area contributed by atoms with Gasteiger partial charge in [-0.05, 0) is 30.3 Å². The summed E-state index contributed by atoms with van der Waals surface area (Å²) in [5.74, 6) is -1.94. The van der Waals surface area contributed by atoms with Gasteiger partial charge in [-0.15, -0.1) is 0 Å². The molecule has 1 nitrogen and oxygen atoms in total. The van der Waals surface area contributed by atoms with Crippen molar-refractivity contribution < 1.29 is 13.2 Å². The van der Waals surface area contributed by atoms with E-state index in [1.807, 2.05) is 0 Å². The molecule has 5 heteroatoms. The fourth-order valence-electron chi connectivity index (χ4n) is 1.37. The Morgan fingerprint density at radius 1 is 0.824 bits per heavy atom. The standard InChI is InChI=1S/C12H7ClF3N/c13-11-6-9(1-2-12(11)16)17-10-4-7(14)3-8(15)5-10/h1-6,17H. The lowest BCUT2D eigenvalue weighted by Gasteiger charge is -2.07. The zero-order chi connectivity index (χ0) is 12.4. The summed E-state index contributed by atoms with van der Waals surface area (Å²) in [6, 6.07) is 6.94. The predicted octanol–water partition coefficient (Wildman–Crippen LogP) is 4.50. The van der Waals surface area contributed by atoms with Crippen LogP contribution in [0.4, 0.5) is 24.5 Å². The van der Waals surface area contributed by atoms with Crippen molar-refractivity contribution in [1.29, 1.82) is 0 Å². The number of halogens is 4. The molecule has 88 valence electrons. The molecule has 0 aliphatic carbocycles. The molecule has 0 unspecified atom stereocenters. The van der Waals surface area contributed by atoms with Crippen LogP contribution in [0, 0.1) is 17.5 Å². The van der Waals surface area contributed by atoms with Gasteiger partial charge in [-0.1, -0.05) is 11.6 Å². The molecule has 17 heavy (non-hydrogen) atoms. The average Bonchev–Trinajstić information content (AvgIpc) is 2.22. The van der Waals surface area contributed by atoms with Crippen LogP contribution >= 0.6 is 11.6 Å². The number of anilines is 2. The van der Waals surface area contributed by atoms with Gasteiger partial charge in [0.05, 0.1) is 5.02 Å². The van der Waals surface area contributed by atoms with Gasteiger partial charge in [-0.3, -0.25) is 0 Å². The van der Waals surface area contributed by atoms with Crippen LogP contribution in [0.15, 0.2) is 36.4 Å². The Hall–Kier alpha value is -1.68. The van der Waals surface area contributed by atoms with Gasteiger partial charge in [0.15, 0.2) is 0 Å². The van der Waals surface area contributed by atoms with Crippen molar-refractivity contribution in [1.82, 2.24) is 0 Å². The van der Waals surface area contributed by atoms with Gasteiger partial charge >= 0.3 is 0 Å². The van der Waals surface area contributed by atoms with Gasteiger partial charge in [-0.25, -0.2) is 13.2 Å².